The fraction of sp³-hybridized carbons (Fsp3) is 0. The average Bonchev–Trinajstić information content (AvgIpc) is 2.16. The summed E-state index contributed by atoms with van der Waals surface area (Å²) in [5, 5.41) is 27.6. The summed E-state index contributed by atoms with van der Waals surface area (Å²) >= 11 is 0. The van der Waals surface area contributed by atoms with Crippen molar-refractivity contribution in [1.82, 2.24) is 0 Å². The first kappa shape index (κ1) is 9.74. The van der Waals surface area contributed by atoms with E-state index in [2.05, 4.69) is 0 Å². The van der Waals surface area contributed by atoms with Crippen LogP contribution >= 0.6 is 0 Å². The van der Waals surface area contributed by atoms with Gasteiger partial charge in [0.1, 0.15) is 5.75 Å². The number of nitrogens with zero attached hydrogens (tertiary/aromatic N) is 2. The van der Waals surface area contributed by atoms with Crippen LogP contribution in [0.3, 0.4) is 0 Å². The van der Waals surface area contributed by atoms with Gasteiger partial charge in [-0.3, -0.25) is 10.1 Å². The fourth-order valence-electron chi connectivity index (χ4n) is 0.854. The van der Waals surface area contributed by atoms with Gasteiger partial charge in [0.2, 0.25) is 0 Å². The first-order valence-corrected chi connectivity index (χ1v) is 3.68. The van der Waals surface area contributed by atoms with Crippen LogP contribution in [0.5, 0.6) is 5.75 Å². The zero-order valence-electron chi connectivity index (χ0n) is 7.04. The molecule has 0 aromatic heterocycles. The van der Waals surface area contributed by atoms with Crippen molar-refractivity contribution in [3.05, 3.63) is 45.6 Å². The van der Waals surface area contributed by atoms with Crippen LogP contribution in [0.25, 0.3) is 6.08 Å². The maximum Gasteiger partial charge on any atom is 0.346 e. The number of nitriles is 1. The quantitative estimate of drug-likeness (QED) is 0.435. The molecule has 0 amide bonds. The van der Waals surface area contributed by atoms with Gasteiger partial charge in [0.05, 0.1) is 4.92 Å². The molecule has 0 spiro atoms. The van der Waals surface area contributed by atoms with Crippen molar-refractivity contribution in [1.29, 1.82) is 5.26 Å². The molecule has 0 saturated carbocycles. The lowest BCUT2D eigenvalue weighted by atomic mass is 10.2. The smallest absolute Gasteiger partial charge is 0.346 e. The van der Waals surface area contributed by atoms with Gasteiger partial charge >= 0.3 is 5.70 Å². The molecule has 0 fully saturated rings. The average molecular weight is 190 g/mol. The summed E-state index contributed by atoms with van der Waals surface area (Å²) in [6, 6.07) is 7.21. The molecule has 0 aliphatic carbocycles. The molecule has 0 atom stereocenters. The Morgan fingerprint density at radius 3 is 2.50 bits per heavy atom. The van der Waals surface area contributed by atoms with Gasteiger partial charge in [0.25, 0.3) is 0 Å². The molecule has 0 radical (unpaired) electrons. The maximum absolute atomic E-state index is 10.3. The third-order valence-corrected chi connectivity index (χ3v) is 1.51. The topological polar surface area (TPSA) is 87.2 Å². The minimum absolute atomic E-state index is 0.0711. The highest BCUT2D eigenvalue weighted by Crippen LogP contribution is 2.12. The highest BCUT2D eigenvalue weighted by Gasteiger charge is 2.07. The van der Waals surface area contributed by atoms with Crippen molar-refractivity contribution in [2.24, 2.45) is 0 Å². The molecule has 14 heavy (non-hydrogen) atoms. The number of phenols is 1. The van der Waals surface area contributed by atoms with Gasteiger partial charge < -0.3 is 5.11 Å². The van der Waals surface area contributed by atoms with Gasteiger partial charge in [0, 0.05) is 6.08 Å². The fourth-order valence-corrected chi connectivity index (χ4v) is 0.854. The van der Waals surface area contributed by atoms with E-state index in [9.17, 15) is 10.1 Å². The van der Waals surface area contributed by atoms with E-state index < -0.39 is 10.6 Å². The molecular formula is C9H6N2O3. The van der Waals surface area contributed by atoms with Crippen molar-refractivity contribution >= 4 is 6.08 Å². The van der Waals surface area contributed by atoms with Crippen LogP contribution in [-0.2, 0) is 0 Å². The van der Waals surface area contributed by atoms with E-state index in [-0.39, 0.29) is 5.75 Å². The number of hydrogen-bond acceptors (Lipinski definition) is 4. The van der Waals surface area contributed by atoms with Gasteiger partial charge in [-0.15, -0.1) is 0 Å². The molecule has 0 aliphatic heterocycles. The van der Waals surface area contributed by atoms with E-state index in [4.69, 9.17) is 10.4 Å². The lowest BCUT2D eigenvalue weighted by Gasteiger charge is -1.92. The minimum atomic E-state index is -0.757. The number of allylic oxidation sites excluding steroid dienone is 1. The highest BCUT2D eigenvalue weighted by atomic mass is 16.6. The van der Waals surface area contributed by atoms with Crippen LogP contribution in [0.4, 0.5) is 0 Å². The van der Waals surface area contributed by atoms with Crippen molar-refractivity contribution in [2.45, 2.75) is 0 Å². The molecule has 0 heterocycles. The number of hydrogen-bond donors (Lipinski definition) is 1. The number of rotatable bonds is 2. The van der Waals surface area contributed by atoms with Gasteiger partial charge in [-0.2, -0.15) is 5.26 Å². The Morgan fingerprint density at radius 1 is 1.50 bits per heavy atom. The summed E-state index contributed by atoms with van der Waals surface area (Å²) in [5.41, 5.74) is -0.0354. The number of nitro groups is 1. The van der Waals surface area contributed by atoms with Crippen molar-refractivity contribution in [2.75, 3.05) is 0 Å². The predicted molar refractivity (Wildman–Crippen MR) is 48.7 cm³/mol. The maximum atomic E-state index is 10.3. The summed E-state index contributed by atoms with van der Waals surface area (Å²) in [6.07, 6.45) is 1.14. The van der Waals surface area contributed by atoms with Crippen molar-refractivity contribution < 1.29 is 10.0 Å². The van der Waals surface area contributed by atoms with E-state index in [0.717, 1.165) is 6.08 Å². The van der Waals surface area contributed by atoms with Crippen LogP contribution in [0.15, 0.2) is 30.0 Å². The highest BCUT2D eigenvalue weighted by molar-refractivity contribution is 5.55. The Labute approximate surface area is 79.7 Å². The lowest BCUT2D eigenvalue weighted by molar-refractivity contribution is -0.415. The van der Waals surface area contributed by atoms with Gasteiger partial charge in [-0.25, -0.2) is 0 Å². The van der Waals surface area contributed by atoms with Crippen molar-refractivity contribution in [3.8, 4) is 11.8 Å². The molecular weight excluding hydrogens is 184 g/mol. The molecule has 1 aromatic carbocycles. The van der Waals surface area contributed by atoms with Crippen LogP contribution in [-0.4, -0.2) is 10.0 Å². The molecule has 0 unspecified atom stereocenters. The zero-order valence-corrected chi connectivity index (χ0v) is 7.04. The second-order valence-electron chi connectivity index (χ2n) is 2.49. The molecule has 5 nitrogen and oxygen atoms in total. The van der Waals surface area contributed by atoms with E-state index >= 15 is 0 Å². The Hall–Kier alpha value is -2.35. The van der Waals surface area contributed by atoms with Gasteiger partial charge in [-0.05, 0) is 17.7 Å². The summed E-state index contributed by atoms with van der Waals surface area (Å²) < 4.78 is 0. The van der Waals surface area contributed by atoms with E-state index in [1.54, 1.807) is 0 Å². The first-order valence-electron chi connectivity index (χ1n) is 3.68. The Balaban J connectivity index is 3.03. The molecule has 1 rings (SSSR count). The van der Waals surface area contributed by atoms with E-state index in [0.29, 0.717) is 5.56 Å². The first-order chi connectivity index (χ1) is 6.63. The van der Waals surface area contributed by atoms with Crippen LogP contribution in [0.1, 0.15) is 5.56 Å². The second-order valence-corrected chi connectivity index (χ2v) is 2.49. The standard InChI is InChI=1S/C9H6N2O3/c10-6-8(11(13)14)5-7-1-3-9(12)4-2-7/h1-5,12H/b8-5-. The number of phenolic OH excluding ortho intramolecular Hbond substituents is 1. The summed E-state index contributed by atoms with van der Waals surface area (Å²) in [5.74, 6) is 0.0711. The molecule has 1 aromatic rings. The molecule has 5 heteroatoms. The summed E-state index contributed by atoms with van der Waals surface area (Å²) in [6.45, 7) is 0. The largest absolute Gasteiger partial charge is 0.508 e. The molecule has 0 aliphatic rings. The Bertz CT molecular complexity index is 415. The van der Waals surface area contributed by atoms with Crippen LogP contribution in [0, 0.1) is 21.4 Å². The number of aromatic hydroxyl groups is 1. The molecule has 0 bridgehead atoms. The summed E-state index contributed by atoms with van der Waals surface area (Å²) in [7, 11) is 0. The van der Waals surface area contributed by atoms with Gasteiger partial charge in [0.15, 0.2) is 6.07 Å². The van der Waals surface area contributed by atoms with E-state index in [1.807, 2.05) is 0 Å². The monoisotopic (exact) mass is 190 g/mol. The van der Waals surface area contributed by atoms with Gasteiger partial charge in [-0.1, -0.05) is 12.1 Å². The normalized spacial score (nSPS) is 10.6. The van der Waals surface area contributed by atoms with Crippen LogP contribution < -0.4 is 0 Å². The van der Waals surface area contributed by atoms with E-state index in [1.165, 1.54) is 30.3 Å². The lowest BCUT2D eigenvalue weighted by Crippen LogP contribution is -1.94. The Morgan fingerprint density at radius 2 is 2.07 bits per heavy atom. The zero-order chi connectivity index (χ0) is 10.6. The minimum Gasteiger partial charge on any atom is -0.508 e. The molecule has 1 N–H and O–H groups in total. The number of benzene rings is 1. The van der Waals surface area contributed by atoms with Crippen LogP contribution in [0.2, 0.25) is 0 Å². The molecule has 0 saturated heterocycles. The third-order valence-electron chi connectivity index (χ3n) is 1.51. The summed E-state index contributed by atoms with van der Waals surface area (Å²) in [4.78, 5) is 9.51. The predicted octanol–water partition coefficient (Wildman–Crippen LogP) is 1.53. The second kappa shape index (κ2) is 4.05. The SMILES string of the molecule is N#C/C(=C/c1ccc(O)cc1)[N+](=O)[O-]. The Kier molecular flexibility index (Phi) is 2.82. The van der Waals surface area contributed by atoms with Crippen molar-refractivity contribution in [3.63, 3.8) is 0 Å². The third kappa shape index (κ3) is 2.32. The molecule has 70 valence electrons.